The first kappa shape index (κ1) is 10.8. The van der Waals surface area contributed by atoms with Crippen LogP contribution in [0.5, 0.6) is 0 Å². The van der Waals surface area contributed by atoms with Crippen LogP contribution in [0.4, 0.5) is 0 Å². The molecule has 0 saturated heterocycles. The van der Waals surface area contributed by atoms with Crippen molar-refractivity contribution in [1.82, 2.24) is 0 Å². The van der Waals surface area contributed by atoms with Gasteiger partial charge in [0.1, 0.15) is 0 Å². The Labute approximate surface area is 104 Å². The minimum absolute atomic E-state index is 0.377. The van der Waals surface area contributed by atoms with Gasteiger partial charge in [0.2, 0.25) is 0 Å². The number of rotatable bonds is 2. The first-order chi connectivity index (χ1) is 8.22. The third-order valence-electron chi connectivity index (χ3n) is 4.63. The van der Waals surface area contributed by atoms with Gasteiger partial charge in [-0.25, -0.2) is 0 Å². The van der Waals surface area contributed by atoms with Gasteiger partial charge in [0.15, 0.2) is 0 Å². The lowest BCUT2D eigenvalue weighted by Gasteiger charge is -2.16. The molecule has 3 rings (SSSR count). The minimum atomic E-state index is 0.377. The summed E-state index contributed by atoms with van der Waals surface area (Å²) in [5.74, 6) is 2.47. The maximum absolute atomic E-state index is 2.45. The van der Waals surface area contributed by atoms with Crippen LogP contribution in [-0.2, 0) is 0 Å². The van der Waals surface area contributed by atoms with Crippen molar-refractivity contribution in [2.24, 2.45) is 23.2 Å². The van der Waals surface area contributed by atoms with Crippen molar-refractivity contribution in [2.45, 2.75) is 20.3 Å². The molecule has 0 N–H and O–H groups in total. The normalized spacial score (nSPS) is 39.3. The van der Waals surface area contributed by atoms with Gasteiger partial charge in [-0.05, 0) is 29.7 Å². The molecule has 1 fully saturated rings. The molecular weight excluding hydrogens is 204 g/mol. The number of fused-ring (bicyclic) bond motifs is 1. The summed E-state index contributed by atoms with van der Waals surface area (Å²) >= 11 is 0. The molecule has 2 aliphatic rings. The van der Waals surface area contributed by atoms with Crippen LogP contribution in [0.25, 0.3) is 6.08 Å². The van der Waals surface area contributed by atoms with Gasteiger partial charge >= 0.3 is 0 Å². The van der Waals surface area contributed by atoms with Gasteiger partial charge in [-0.15, -0.1) is 0 Å². The highest BCUT2D eigenvalue weighted by Gasteiger charge is 2.59. The third-order valence-corrected chi connectivity index (χ3v) is 4.63. The molecule has 0 unspecified atom stereocenters. The van der Waals surface area contributed by atoms with Crippen LogP contribution < -0.4 is 0 Å². The molecule has 17 heavy (non-hydrogen) atoms. The molecule has 2 aliphatic carbocycles. The van der Waals surface area contributed by atoms with Crippen molar-refractivity contribution in [3.05, 3.63) is 54.1 Å². The van der Waals surface area contributed by atoms with E-state index in [1.54, 1.807) is 0 Å². The Kier molecular flexibility index (Phi) is 2.47. The Morgan fingerprint density at radius 2 is 1.94 bits per heavy atom. The molecule has 0 spiro atoms. The highest BCUT2D eigenvalue weighted by atomic mass is 14.6. The van der Waals surface area contributed by atoms with E-state index in [0.717, 1.165) is 17.8 Å². The number of benzene rings is 1. The summed E-state index contributed by atoms with van der Waals surface area (Å²) in [5.41, 5.74) is 1.69. The molecule has 0 radical (unpaired) electrons. The number of hydrogen-bond donors (Lipinski definition) is 0. The summed E-state index contributed by atoms with van der Waals surface area (Å²) in [5, 5.41) is 0. The molecular formula is C17H20. The summed E-state index contributed by atoms with van der Waals surface area (Å²) in [6, 6.07) is 10.6. The first-order valence-corrected chi connectivity index (χ1v) is 6.66. The molecule has 0 amide bonds. The average molecular weight is 224 g/mol. The van der Waals surface area contributed by atoms with Crippen LogP contribution in [0.15, 0.2) is 48.6 Å². The van der Waals surface area contributed by atoms with Crippen LogP contribution >= 0.6 is 0 Å². The predicted molar refractivity (Wildman–Crippen MR) is 73.5 cm³/mol. The van der Waals surface area contributed by atoms with Gasteiger partial charge in [-0.1, -0.05) is 68.5 Å². The molecule has 0 heterocycles. The Hall–Kier alpha value is -1.30. The van der Waals surface area contributed by atoms with E-state index in [9.17, 15) is 0 Å². The Balaban J connectivity index is 1.82. The van der Waals surface area contributed by atoms with Crippen LogP contribution in [-0.4, -0.2) is 0 Å². The summed E-state index contributed by atoms with van der Waals surface area (Å²) in [7, 11) is 0. The second kappa shape index (κ2) is 3.87. The van der Waals surface area contributed by atoms with E-state index in [1.807, 2.05) is 0 Å². The SMILES string of the molecule is C[C@@H]1C=C[C@]2(/C=C/c3ccccc3)[C@H](C1)[C@@H]2C. The zero-order valence-electron chi connectivity index (χ0n) is 10.6. The maximum atomic E-state index is 2.45. The molecule has 0 heteroatoms. The quantitative estimate of drug-likeness (QED) is 0.647. The van der Waals surface area contributed by atoms with Gasteiger partial charge in [-0.3, -0.25) is 0 Å². The van der Waals surface area contributed by atoms with Gasteiger partial charge in [0.05, 0.1) is 0 Å². The van der Waals surface area contributed by atoms with Crippen LogP contribution in [0.1, 0.15) is 25.8 Å². The zero-order chi connectivity index (χ0) is 11.9. The minimum Gasteiger partial charge on any atom is -0.0848 e. The smallest absolute Gasteiger partial charge is 0.0124 e. The van der Waals surface area contributed by atoms with E-state index < -0.39 is 0 Å². The summed E-state index contributed by atoms with van der Waals surface area (Å²) < 4.78 is 0. The van der Waals surface area contributed by atoms with E-state index in [0.29, 0.717) is 5.41 Å². The first-order valence-electron chi connectivity index (χ1n) is 6.66. The fourth-order valence-corrected chi connectivity index (χ4v) is 3.34. The second-order valence-electron chi connectivity index (χ2n) is 5.71. The summed E-state index contributed by atoms with van der Waals surface area (Å²) in [4.78, 5) is 0. The number of allylic oxidation sites excluding steroid dienone is 3. The fraction of sp³-hybridized carbons (Fsp3) is 0.412. The Morgan fingerprint density at radius 1 is 1.18 bits per heavy atom. The van der Waals surface area contributed by atoms with Gasteiger partial charge in [-0.2, -0.15) is 0 Å². The lowest BCUT2D eigenvalue weighted by molar-refractivity contribution is 0.512. The van der Waals surface area contributed by atoms with Gasteiger partial charge < -0.3 is 0 Å². The highest BCUT2D eigenvalue weighted by molar-refractivity contribution is 5.52. The van der Waals surface area contributed by atoms with Crippen molar-refractivity contribution in [2.75, 3.05) is 0 Å². The van der Waals surface area contributed by atoms with E-state index >= 15 is 0 Å². The Morgan fingerprint density at radius 3 is 2.65 bits per heavy atom. The molecule has 1 aromatic rings. The van der Waals surface area contributed by atoms with Crippen LogP contribution in [0.3, 0.4) is 0 Å². The van der Waals surface area contributed by atoms with E-state index in [1.165, 1.54) is 12.0 Å². The molecule has 1 saturated carbocycles. The fourth-order valence-electron chi connectivity index (χ4n) is 3.34. The largest absolute Gasteiger partial charge is 0.0848 e. The standard InChI is InChI=1S/C17H20/c1-13-8-10-17(14(2)16(17)12-13)11-9-15-6-4-3-5-7-15/h3-11,13-14,16H,12H2,1-2H3/b11-9+/t13-,14+,16-,17-/m1/s1. The molecule has 0 nitrogen and oxygen atoms in total. The number of hydrogen-bond acceptors (Lipinski definition) is 0. The van der Waals surface area contributed by atoms with Gasteiger partial charge in [0.25, 0.3) is 0 Å². The maximum Gasteiger partial charge on any atom is 0.0124 e. The molecule has 88 valence electrons. The third kappa shape index (κ3) is 1.76. The topological polar surface area (TPSA) is 0 Å². The highest BCUT2D eigenvalue weighted by Crippen LogP contribution is 2.65. The lowest BCUT2D eigenvalue weighted by Crippen LogP contribution is -2.06. The van der Waals surface area contributed by atoms with Crippen molar-refractivity contribution in [3.63, 3.8) is 0 Å². The second-order valence-corrected chi connectivity index (χ2v) is 5.71. The molecule has 0 aromatic heterocycles. The van der Waals surface area contributed by atoms with E-state index in [-0.39, 0.29) is 0 Å². The van der Waals surface area contributed by atoms with E-state index in [2.05, 4.69) is 68.5 Å². The van der Waals surface area contributed by atoms with Gasteiger partial charge in [0, 0.05) is 5.41 Å². The average Bonchev–Trinajstić information content (AvgIpc) is 2.94. The van der Waals surface area contributed by atoms with Crippen molar-refractivity contribution >= 4 is 6.08 Å². The zero-order valence-corrected chi connectivity index (χ0v) is 10.6. The summed E-state index contributed by atoms with van der Waals surface area (Å²) in [6.07, 6.45) is 10.9. The van der Waals surface area contributed by atoms with E-state index in [4.69, 9.17) is 0 Å². The van der Waals surface area contributed by atoms with Crippen LogP contribution in [0, 0.1) is 23.2 Å². The molecule has 0 aliphatic heterocycles. The monoisotopic (exact) mass is 224 g/mol. The molecule has 1 aromatic carbocycles. The van der Waals surface area contributed by atoms with Crippen molar-refractivity contribution < 1.29 is 0 Å². The molecule has 4 atom stereocenters. The lowest BCUT2D eigenvalue weighted by atomic mass is 9.89. The van der Waals surface area contributed by atoms with Crippen molar-refractivity contribution in [1.29, 1.82) is 0 Å². The molecule has 0 bridgehead atoms. The van der Waals surface area contributed by atoms with Crippen molar-refractivity contribution in [3.8, 4) is 0 Å². The van der Waals surface area contributed by atoms with Crippen LogP contribution in [0.2, 0.25) is 0 Å². The Bertz CT molecular complexity index is 454. The predicted octanol–water partition coefficient (Wildman–Crippen LogP) is 4.55. The summed E-state index contributed by atoms with van der Waals surface area (Å²) in [6.45, 7) is 4.72.